The van der Waals surface area contributed by atoms with E-state index in [9.17, 15) is 17.6 Å². The summed E-state index contributed by atoms with van der Waals surface area (Å²) in [5.41, 5.74) is 5.64. The van der Waals surface area contributed by atoms with E-state index in [1.165, 1.54) is 0 Å². The molecule has 0 unspecified atom stereocenters. The zero-order valence-corrected chi connectivity index (χ0v) is 11.7. The minimum absolute atomic E-state index is 0.0195. The first kappa shape index (κ1) is 17.1. The van der Waals surface area contributed by atoms with Crippen LogP contribution in [0.4, 0.5) is 17.6 Å². The second kappa shape index (κ2) is 7.14. The molecule has 0 saturated carbocycles. The van der Waals surface area contributed by atoms with E-state index in [0.717, 1.165) is 18.2 Å². The molecule has 0 aliphatic rings. The van der Waals surface area contributed by atoms with Gasteiger partial charge in [0, 0.05) is 5.56 Å². The van der Waals surface area contributed by atoms with Crippen LogP contribution in [-0.4, -0.2) is 18.9 Å². The van der Waals surface area contributed by atoms with E-state index in [4.69, 9.17) is 5.73 Å². The summed E-state index contributed by atoms with van der Waals surface area (Å²) in [6.07, 6.45) is -4.81. The van der Waals surface area contributed by atoms with Crippen molar-refractivity contribution in [3.05, 3.63) is 29.6 Å². The van der Waals surface area contributed by atoms with Gasteiger partial charge in [0.15, 0.2) is 0 Å². The number of alkyl halides is 3. The van der Waals surface area contributed by atoms with Crippen molar-refractivity contribution in [3.8, 4) is 5.75 Å². The summed E-state index contributed by atoms with van der Waals surface area (Å²) in [7, 11) is 0. The number of halogens is 4. The molecule has 21 heavy (non-hydrogen) atoms. The average Bonchev–Trinajstić information content (AvgIpc) is 2.35. The van der Waals surface area contributed by atoms with Crippen LogP contribution in [0.3, 0.4) is 0 Å². The number of hydrogen-bond acceptors (Lipinski definition) is 1. The van der Waals surface area contributed by atoms with Crippen molar-refractivity contribution in [3.63, 3.8) is 0 Å². The number of nitrogens with one attached hydrogen (secondary N) is 2. The largest absolute Gasteiger partial charge is 0.573 e. The van der Waals surface area contributed by atoms with E-state index in [2.05, 4.69) is 15.0 Å². The average molecular weight is 308 g/mol. The summed E-state index contributed by atoms with van der Waals surface area (Å²) < 4.78 is 53.5. The predicted molar refractivity (Wildman–Crippen MR) is 69.8 cm³/mol. The van der Waals surface area contributed by atoms with Gasteiger partial charge in [-0.3, -0.25) is 16.0 Å². The van der Waals surface area contributed by atoms with Gasteiger partial charge in [-0.15, -0.1) is 13.2 Å². The molecule has 0 atom stereocenters. The lowest BCUT2D eigenvalue weighted by molar-refractivity contribution is -0.479. The fourth-order valence-corrected chi connectivity index (χ4v) is 1.45. The lowest BCUT2D eigenvalue weighted by atomic mass is 10.2. The molecule has 1 rings (SSSR count). The third-order valence-corrected chi connectivity index (χ3v) is 2.42. The van der Waals surface area contributed by atoms with Crippen molar-refractivity contribution >= 4 is 5.96 Å². The Balaban J connectivity index is 2.74. The summed E-state index contributed by atoms with van der Waals surface area (Å²) in [5.74, 6) is -0.529. The van der Waals surface area contributed by atoms with Gasteiger partial charge in [-0.1, -0.05) is 13.8 Å². The topological polar surface area (TPSA) is 61.2 Å². The van der Waals surface area contributed by atoms with Crippen LogP contribution >= 0.6 is 0 Å². The molecule has 8 heteroatoms. The van der Waals surface area contributed by atoms with Crippen molar-refractivity contribution < 1.29 is 27.3 Å². The zero-order chi connectivity index (χ0) is 16.0. The predicted octanol–water partition coefficient (Wildman–Crippen LogP) is 0.865. The third-order valence-electron chi connectivity index (χ3n) is 2.42. The minimum Gasteiger partial charge on any atom is -0.406 e. The third kappa shape index (κ3) is 6.82. The van der Waals surface area contributed by atoms with Gasteiger partial charge in [0.2, 0.25) is 0 Å². The molecule has 0 radical (unpaired) electrons. The maximum absolute atomic E-state index is 13.5. The molecule has 0 aromatic heterocycles. The van der Waals surface area contributed by atoms with E-state index in [-0.39, 0.29) is 18.1 Å². The number of benzene rings is 1. The fourth-order valence-electron chi connectivity index (χ4n) is 1.45. The lowest BCUT2D eigenvalue weighted by Crippen LogP contribution is -2.77. The smallest absolute Gasteiger partial charge is 0.406 e. The number of ether oxygens (including phenoxy) is 1. The highest BCUT2D eigenvalue weighted by atomic mass is 19.4. The van der Waals surface area contributed by atoms with Crippen LogP contribution in [0.15, 0.2) is 18.2 Å². The summed E-state index contributed by atoms with van der Waals surface area (Å²) in [6.45, 7) is 4.53. The Hall–Kier alpha value is -1.99. The highest BCUT2D eigenvalue weighted by Gasteiger charge is 2.31. The van der Waals surface area contributed by atoms with Gasteiger partial charge in [0.1, 0.15) is 11.6 Å². The summed E-state index contributed by atoms with van der Waals surface area (Å²) >= 11 is 0. The van der Waals surface area contributed by atoms with Gasteiger partial charge >= 0.3 is 12.3 Å². The van der Waals surface area contributed by atoms with Gasteiger partial charge in [-0.05, 0) is 24.1 Å². The molecule has 1 aromatic carbocycles. The van der Waals surface area contributed by atoms with Crippen LogP contribution in [0.25, 0.3) is 0 Å². The van der Waals surface area contributed by atoms with Gasteiger partial charge in [0.25, 0.3) is 0 Å². The number of hydrogen-bond donors (Lipinski definition) is 3. The van der Waals surface area contributed by atoms with Crippen molar-refractivity contribution in [1.82, 2.24) is 5.32 Å². The highest BCUT2D eigenvalue weighted by molar-refractivity contribution is 5.71. The van der Waals surface area contributed by atoms with Crippen molar-refractivity contribution in [1.29, 1.82) is 0 Å². The van der Waals surface area contributed by atoms with Gasteiger partial charge in [0.05, 0.1) is 13.1 Å². The Bertz CT molecular complexity index is 501. The van der Waals surface area contributed by atoms with E-state index in [1.54, 1.807) is 0 Å². The molecule has 4 nitrogen and oxygen atoms in total. The second-order valence-corrected chi connectivity index (χ2v) is 4.84. The SMILES string of the molecule is CC(C)CNC(N)=[NH+]Cc1cc(OC(F)(F)F)ccc1F. The first-order valence-electron chi connectivity index (χ1n) is 6.31. The fraction of sp³-hybridized carbons (Fsp3) is 0.462. The first-order valence-corrected chi connectivity index (χ1v) is 6.31. The van der Waals surface area contributed by atoms with Crippen LogP contribution in [0.1, 0.15) is 19.4 Å². The van der Waals surface area contributed by atoms with Crippen LogP contribution in [0.2, 0.25) is 0 Å². The lowest BCUT2D eigenvalue weighted by Gasteiger charge is -2.10. The van der Waals surface area contributed by atoms with E-state index < -0.39 is 17.9 Å². The maximum Gasteiger partial charge on any atom is 0.573 e. The molecular weight excluding hydrogens is 290 g/mol. The normalized spacial score (nSPS) is 12.6. The molecule has 0 spiro atoms. The van der Waals surface area contributed by atoms with E-state index in [1.807, 2.05) is 13.8 Å². The zero-order valence-electron chi connectivity index (χ0n) is 11.7. The number of guanidine groups is 1. The molecule has 0 heterocycles. The van der Waals surface area contributed by atoms with Crippen molar-refractivity contribution in [2.75, 3.05) is 6.54 Å². The Kier molecular flexibility index (Phi) is 5.80. The van der Waals surface area contributed by atoms with Crippen LogP contribution in [-0.2, 0) is 6.54 Å². The maximum atomic E-state index is 13.5. The molecule has 0 aliphatic carbocycles. The van der Waals surface area contributed by atoms with Crippen molar-refractivity contribution in [2.45, 2.75) is 26.8 Å². The molecule has 0 saturated heterocycles. The number of nitrogens with two attached hydrogens (primary N) is 1. The summed E-state index contributed by atoms with van der Waals surface area (Å²) in [4.78, 5) is 2.69. The Morgan fingerprint density at radius 1 is 1.38 bits per heavy atom. The molecule has 4 N–H and O–H groups in total. The van der Waals surface area contributed by atoms with Gasteiger partial charge in [-0.25, -0.2) is 4.39 Å². The molecular formula is C13H18F4N3O+. The first-order chi connectivity index (χ1) is 9.67. The van der Waals surface area contributed by atoms with Crippen LogP contribution < -0.4 is 20.8 Å². The standard InChI is InChI=1S/C13H17F4N3O/c1-8(2)6-19-12(18)20-7-9-5-10(3-4-11(9)14)21-13(15,16)17/h3-5,8H,6-7H2,1-2H3,(H3,18,19,20)/p+1. The second-order valence-electron chi connectivity index (χ2n) is 4.84. The summed E-state index contributed by atoms with van der Waals surface area (Å²) in [6, 6.07) is 2.80. The van der Waals surface area contributed by atoms with Crippen LogP contribution in [0.5, 0.6) is 5.75 Å². The molecule has 0 amide bonds. The molecule has 1 aromatic rings. The number of rotatable bonds is 5. The van der Waals surface area contributed by atoms with E-state index >= 15 is 0 Å². The van der Waals surface area contributed by atoms with E-state index in [0.29, 0.717) is 12.5 Å². The minimum atomic E-state index is -4.81. The summed E-state index contributed by atoms with van der Waals surface area (Å²) in [5, 5.41) is 2.87. The molecule has 118 valence electrons. The highest BCUT2D eigenvalue weighted by Crippen LogP contribution is 2.24. The molecule has 0 aliphatic heterocycles. The molecule has 0 bridgehead atoms. The Labute approximate surface area is 120 Å². The Morgan fingerprint density at radius 3 is 2.62 bits per heavy atom. The monoisotopic (exact) mass is 308 g/mol. The van der Waals surface area contributed by atoms with Gasteiger partial charge < -0.3 is 4.74 Å². The Morgan fingerprint density at radius 2 is 2.05 bits per heavy atom. The molecule has 0 fully saturated rings. The van der Waals surface area contributed by atoms with Crippen molar-refractivity contribution in [2.24, 2.45) is 11.7 Å². The van der Waals surface area contributed by atoms with Gasteiger partial charge in [-0.2, -0.15) is 0 Å². The van der Waals surface area contributed by atoms with Crippen LogP contribution in [0, 0.1) is 11.7 Å². The quantitative estimate of drug-likeness (QED) is 0.430.